The summed E-state index contributed by atoms with van der Waals surface area (Å²) < 4.78 is 33.3. The molecule has 1 aliphatic rings. The predicted molar refractivity (Wildman–Crippen MR) is 117 cm³/mol. The van der Waals surface area contributed by atoms with Crippen LogP contribution < -0.4 is 15.1 Å². The summed E-state index contributed by atoms with van der Waals surface area (Å²) in [5.41, 5.74) is 1.53. The summed E-state index contributed by atoms with van der Waals surface area (Å²) in [5, 5.41) is 0. The van der Waals surface area contributed by atoms with E-state index in [1.165, 1.54) is 36.5 Å². The Bertz CT molecular complexity index is 1150. The Labute approximate surface area is 184 Å². The largest absolute Gasteiger partial charge is 0.483 e. The Morgan fingerprint density at radius 3 is 2.16 bits per heavy atom. The lowest BCUT2D eigenvalue weighted by Crippen LogP contribution is -2.49. The highest BCUT2D eigenvalue weighted by atomic mass is 19.1. The van der Waals surface area contributed by atoms with Crippen molar-refractivity contribution < 1.29 is 18.3 Å². The number of anilines is 1. The second-order valence-electron chi connectivity index (χ2n) is 7.67. The van der Waals surface area contributed by atoms with Crippen LogP contribution in [0.1, 0.15) is 16.1 Å². The van der Waals surface area contributed by atoms with Gasteiger partial charge in [-0.25, -0.2) is 8.78 Å². The van der Waals surface area contributed by atoms with Crippen molar-refractivity contribution in [3.63, 3.8) is 0 Å². The van der Waals surface area contributed by atoms with E-state index in [0.717, 1.165) is 11.3 Å². The van der Waals surface area contributed by atoms with Gasteiger partial charge in [-0.15, -0.1) is 0 Å². The summed E-state index contributed by atoms with van der Waals surface area (Å²) in [6, 6.07) is 13.4. The summed E-state index contributed by atoms with van der Waals surface area (Å²) in [6.45, 7) is 2.34. The number of aromatic nitrogens is 1. The van der Waals surface area contributed by atoms with Crippen LogP contribution in [0.4, 0.5) is 14.5 Å². The fraction of sp³-hybridized carbons (Fsp3) is 0.250. The van der Waals surface area contributed by atoms with Gasteiger partial charge in [-0.2, -0.15) is 0 Å². The molecule has 0 aliphatic carbocycles. The number of piperazine rings is 1. The number of rotatable bonds is 5. The SMILES string of the molecule is Cn1cc(OCc2ccc(F)cc2)c(=O)cc1C(=O)N1CCN(c2ccc(F)cc2)CC1. The number of ether oxygens (including phenoxy) is 1. The van der Waals surface area contributed by atoms with Crippen LogP contribution >= 0.6 is 0 Å². The van der Waals surface area contributed by atoms with Gasteiger partial charge in [0.1, 0.15) is 23.9 Å². The molecule has 0 bridgehead atoms. The maximum absolute atomic E-state index is 13.1. The lowest BCUT2D eigenvalue weighted by Gasteiger charge is -2.36. The van der Waals surface area contributed by atoms with Crippen LogP contribution in [-0.4, -0.2) is 41.6 Å². The van der Waals surface area contributed by atoms with Crippen molar-refractivity contribution in [1.29, 1.82) is 0 Å². The van der Waals surface area contributed by atoms with E-state index >= 15 is 0 Å². The molecule has 166 valence electrons. The Morgan fingerprint density at radius 1 is 0.938 bits per heavy atom. The van der Waals surface area contributed by atoms with Crippen molar-refractivity contribution in [1.82, 2.24) is 9.47 Å². The number of carbonyl (C=O) groups excluding carboxylic acids is 1. The third kappa shape index (κ3) is 4.80. The summed E-state index contributed by atoms with van der Waals surface area (Å²) in [5.74, 6) is -0.734. The number of benzene rings is 2. The van der Waals surface area contributed by atoms with Gasteiger partial charge in [-0.3, -0.25) is 9.59 Å². The maximum Gasteiger partial charge on any atom is 0.270 e. The molecule has 0 saturated carbocycles. The van der Waals surface area contributed by atoms with E-state index in [2.05, 4.69) is 4.90 Å². The van der Waals surface area contributed by atoms with Gasteiger partial charge in [0.25, 0.3) is 5.91 Å². The fourth-order valence-electron chi connectivity index (χ4n) is 3.65. The number of carbonyl (C=O) groups is 1. The molecule has 0 unspecified atom stereocenters. The van der Waals surface area contributed by atoms with E-state index in [0.29, 0.717) is 26.2 Å². The van der Waals surface area contributed by atoms with Crippen molar-refractivity contribution >= 4 is 11.6 Å². The van der Waals surface area contributed by atoms with Crippen molar-refractivity contribution in [2.45, 2.75) is 6.61 Å². The summed E-state index contributed by atoms with van der Waals surface area (Å²) in [6.07, 6.45) is 1.49. The van der Waals surface area contributed by atoms with Gasteiger partial charge in [-0.1, -0.05) is 12.1 Å². The van der Waals surface area contributed by atoms with E-state index in [4.69, 9.17) is 4.74 Å². The van der Waals surface area contributed by atoms with Crippen LogP contribution in [0.15, 0.2) is 65.6 Å². The molecule has 32 heavy (non-hydrogen) atoms. The molecule has 0 atom stereocenters. The first kappa shape index (κ1) is 21.5. The first-order chi connectivity index (χ1) is 15.4. The Morgan fingerprint density at radius 2 is 1.53 bits per heavy atom. The number of amides is 1. The van der Waals surface area contributed by atoms with E-state index in [1.54, 1.807) is 40.8 Å². The minimum atomic E-state index is -0.390. The van der Waals surface area contributed by atoms with Gasteiger partial charge >= 0.3 is 0 Å². The molecule has 0 radical (unpaired) electrons. The summed E-state index contributed by atoms with van der Waals surface area (Å²) >= 11 is 0. The van der Waals surface area contributed by atoms with Crippen LogP contribution in [0.3, 0.4) is 0 Å². The average Bonchev–Trinajstić information content (AvgIpc) is 2.80. The van der Waals surface area contributed by atoms with Crippen LogP contribution in [0.25, 0.3) is 0 Å². The van der Waals surface area contributed by atoms with E-state index in [1.807, 2.05) is 0 Å². The minimum Gasteiger partial charge on any atom is -0.483 e. The van der Waals surface area contributed by atoms with E-state index < -0.39 is 5.43 Å². The smallest absolute Gasteiger partial charge is 0.270 e. The molecule has 2 heterocycles. The van der Waals surface area contributed by atoms with Gasteiger partial charge in [0.15, 0.2) is 5.75 Å². The molecule has 1 aliphatic heterocycles. The van der Waals surface area contributed by atoms with Crippen LogP contribution in [0.2, 0.25) is 0 Å². The normalized spacial score (nSPS) is 13.8. The van der Waals surface area contributed by atoms with Crippen LogP contribution in [0, 0.1) is 11.6 Å². The fourth-order valence-corrected chi connectivity index (χ4v) is 3.65. The van der Waals surface area contributed by atoms with Crippen molar-refractivity contribution in [3.8, 4) is 5.75 Å². The van der Waals surface area contributed by atoms with Crippen LogP contribution in [-0.2, 0) is 13.7 Å². The Kier molecular flexibility index (Phi) is 6.20. The summed E-state index contributed by atoms with van der Waals surface area (Å²) in [4.78, 5) is 29.3. The molecule has 1 amide bonds. The third-order valence-corrected chi connectivity index (χ3v) is 5.49. The molecular weight excluding hydrogens is 416 g/mol. The molecule has 6 nitrogen and oxygen atoms in total. The topological polar surface area (TPSA) is 54.8 Å². The number of nitrogens with zero attached hydrogens (tertiary/aromatic N) is 3. The lowest BCUT2D eigenvalue weighted by atomic mass is 10.2. The molecule has 0 N–H and O–H groups in total. The number of hydrogen-bond donors (Lipinski definition) is 0. The third-order valence-electron chi connectivity index (χ3n) is 5.49. The lowest BCUT2D eigenvalue weighted by molar-refractivity contribution is 0.0736. The molecule has 2 aromatic carbocycles. The molecule has 1 fully saturated rings. The molecule has 8 heteroatoms. The van der Waals surface area contributed by atoms with Gasteiger partial charge < -0.3 is 19.1 Å². The number of aryl methyl sites for hydroxylation is 1. The zero-order chi connectivity index (χ0) is 22.7. The first-order valence-electron chi connectivity index (χ1n) is 10.3. The Hall–Kier alpha value is -3.68. The van der Waals surface area contributed by atoms with E-state index in [9.17, 15) is 18.4 Å². The Balaban J connectivity index is 1.40. The standard InChI is InChI=1S/C24H23F2N3O3/c1-27-15-23(32-16-17-2-4-18(25)5-3-17)22(30)14-21(27)24(31)29-12-10-28(11-13-29)20-8-6-19(26)7-9-20/h2-9,14-15H,10-13,16H2,1H3. The quantitative estimate of drug-likeness (QED) is 0.613. The predicted octanol–water partition coefficient (Wildman–Crippen LogP) is 3.20. The molecule has 1 aromatic heterocycles. The van der Waals surface area contributed by atoms with E-state index in [-0.39, 0.29) is 35.6 Å². The molecule has 4 rings (SSSR count). The zero-order valence-corrected chi connectivity index (χ0v) is 17.6. The molecule has 0 spiro atoms. The molecular formula is C24H23F2N3O3. The second kappa shape index (κ2) is 9.21. The highest BCUT2D eigenvalue weighted by Gasteiger charge is 2.24. The van der Waals surface area contributed by atoms with Crippen molar-refractivity contribution in [3.05, 3.63) is 93.9 Å². The highest BCUT2D eigenvalue weighted by Crippen LogP contribution is 2.18. The zero-order valence-electron chi connectivity index (χ0n) is 17.6. The second-order valence-corrected chi connectivity index (χ2v) is 7.67. The number of hydrogen-bond acceptors (Lipinski definition) is 4. The highest BCUT2D eigenvalue weighted by molar-refractivity contribution is 5.92. The van der Waals surface area contributed by atoms with Gasteiger partial charge in [0, 0.05) is 45.0 Å². The number of halogens is 2. The molecule has 1 saturated heterocycles. The van der Waals surface area contributed by atoms with Gasteiger partial charge in [0.2, 0.25) is 5.43 Å². The number of pyridine rings is 1. The maximum atomic E-state index is 13.1. The van der Waals surface area contributed by atoms with Gasteiger partial charge in [-0.05, 0) is 42.0 Å². The average molecular weight is 439 g/mol. The minimum absolute atomic E-state index is 0.119. The van der Waals surface area contributed by atoms with Gasteiger partial charge in [0.05, 0.1) is 6.20 Å². The summed E-state index contributed by atoms with van der Waals surface area (Å²) in [7, 11) is 1.69. The monoisotopic (exact) mass is 439 g/mol. The van der Waals surface area contributed by atoms with Crippen LogP contribution in [0.5, 0.6) is 5.75 Å². The van der Waals surface area contributed by atoms with Crippen molar-refractivity contribution in [2.24, 2.45) is 7.05 Å². The first-order valence-corrected chi connectivity index (χ1v) is 10.3. The van der Waals surface area contributed by atoms with Crippen molar-refractivity contribution in [2.75, 3.05) is 31.1 Å². The molecule has 3 aromatic rings.